The molecular formula is C16H19ClFNO. The van der Waals surface area contributed by atoms with Crippen molar-refractivity contribution in [3.8, 4) is 6.07 Å². The number of hydrogen-bond donors (Lipinski definition) is 1. The third kappa shape index (κ3) is 2.82. The van der Waals surface area contributed by atoms with Crippen molar-refractivity contribution in [2.75, 3.05) is 0 Å². The highest BCUT2D eigenvalue weighted by Crippen LogP contribution is 2.48. The molecule has 1 N–H and O–H groups in total. The minimum Gasteiger partial charge on any atom is -0.387 e. The molecule has 1 saturated carbocycles. The summed E-state index contributed by atoms with van der Waals surface area (Å²) in [6, 6.07) is 6.23. The summed E-state index contributed by atoms with van der Waals surface area (Å²) in [7, 11) is 0. The molecule has 1 aromatic carbocycles. The van der Waals surface area contributed by atoms with Gasteiger partial charge in [-0.15, -0.1) is 0 Å². The van der Waals surface area contributed by atoms with E-state index in [9.17, 15) is 14.8 Å². The van der Waals surface area contributed by atoms with Gasteiger partial charge in [0.1, 0.15) is 5.82 Å². The van der Waals surface area contributed by atoms with Crippen molar-refractivity contribution in [3.63, 3.8) is 0 Å². The summed E-state index contributed by atoms with van der Waals surface area (Å²) < 4.78 is 13.1. The van der Waals surface area contributed by atoms with Crippen LogP contribution in [0.2, 0.25) is 5.02 Å². The number of aliphatic hydroxyl groups is 1. The van der Waals surface area contributed by atoms with Crippen LogP contribution in [0.3, 0.4) is 0 Å². The molecule has 0 aliphatic heterocycles. The van der Waals surface area contributed by atoms with E-state index in [-0.39, 0.29) is 5.02 Å². The molecule has 20 heavy (non-hydrogen) atoms. The Morgan fingerprint density at radius 2 is 2.15 bits per heavy atom. The first-order valence-electron chi connectivity index (χ1n) is 7.06. The highest BCUT2D eigenvalue weighted by molar-refractivity contribution is 6.31. The second-order valence-electron chi connectivity index (χ2n) is 5.69. The van der Waals surface area contributed by atoms with Gasteiger partial charge in [0.2, 0.25) is 0 Å². The minimum atomic E-state index is -0.960. The first kappa shape index (κ1) is 15.3. The van der Waals surface area contributed by atoms with Gasteiger partial charge in [-0.2, -0.15) is 5.26 Å². The van der Waals surface area contributed by atoms with E-state index in [1.807, 2.05) is 0 Å². The van der Waals surface area contributed by atoms with Crippen LogP contribution in [0.25, 0.3) is 0 Å². The van der Waals surface area contributed by atoms with Crippen LogP contribution >= 0.6 is 11.6 Å². The second-order valence-corrected chi connectivity index (χ2v) is 6.10. The molecule has 0 amide bonds. The van der Waals surface area contributed by atoms with E-state index in [2.05, 4.69) is 13.0 Å². The molecule has 1 unspecified atom stereocenters. The number of nitrogens with zero attached hydrogens (tertiary/aromatic N) is 1. The SMILES string of the molecule is CCC1CCC(C#N)(C(O)c2ccc(F)cc2Cl)CC1. The molecule has 1 aromatic rings. The Hall–Kier alpha value is -1.11. The minimum absolute atomic E-state index is 0.185. The highest BCUT2D eigenvalue weighted by Gasteiger charge is 2.42. The Kier molecular flexibility index (Phi) is 4.67. The molecule has 0 spiro atoms. The van der Waals surface area contributed by atoms with E-state index in [1.54, 1.807) is 0 Å². The number of hydrogen-bond acceptors (Lipinski definition) is 2. The van der Waals surface area contributed by atoms with Crippen molar-refractivity contribution in [2.24, 2.45) is 11.3 Å². The molecule has 4 heteroatoms. The van der Waals surface area contributed by atoms with E-state index in [4.69, 9.17) is 11.6 Å². The van der Waals surface area contributed by atoms with E-state index in [1.165, 1.54) is 18.2 Å². The van der Waals surface area contributed by atoms with Crippen molar-refractivity contribution >= 4 is 11.6 Å². The van der Waals surface area contributed by atoms with E-state index in [0.29, 0.717) is 24.3 Å². The average Bonchev–Trinajstić information content (AvgIpc) is 2.46. The fraction of sp³-hybridized carbons (Fsp3) is 0.562. The Bertz CT molecular complexity index is 518. The van der Waals surface area contributed by atoms with Gasteiger partial charge in [-0.25, -0.2) is 4.39 Å². The molecule has 1 fully saturated rings. The van der Waals surface area contributed by atoms with Crippen molar-refractivity contribution in [3.05, 3.63) is 34.6 Å². The first-order valence-corrected chi connectivity index (χ1v) is 7.44. The third-order valence-corrected chi connectivity index (χ3v) is 4.91. The molecule has 0 bridgehead atoms. The first-order chi connectivity index (χ1) is 9.52. The predicted molar refractivity (Wildman–Crippen MR) is 76.7 cm³/mol. The van der Waals surface area contributed by atoms with Gasteiger partial charge in [-0.3, -0.25) is 0 Å². The summed E-state index contributed by atoms with van der Waals surface area (Å²) in [5.74, 6) is 0.194. The Labute approximate surface area is 124 Å². The summed E-state index contributed by atoms with van der Waals surface area (Å²) in [5, 5.41) is 20.3. The quantitative estimate of drug-likeness (QED) is 0.884. The highest BCUT2D eigenvalue weighted by atomic mass is 35.5. The Morgan fingerprint density at radius 1 is 1.50 bits per heavy atom. The van der Waals surface area contributed by atoms with Crippen molar-refractivity contribution in [1.82, 2.24) is 0 Å². The van der Waals surface area contributed by atoms with Crippen LogP contribution in [-0.4, -0.2) is 5.11 Å². The van der Waals surface area contributed by atoms with Gasteiger partial charge in [0.05, 0.1) is 17.6 Å². The number of rotatable bonds is 3. The smallest absolute Gasteiger partial charge is 0.124 e. The molecule has 108 valence electrons. The molecule has 1 atom stereocenters. The summed E-state index contributed by atoms with van der Waals surface area (Å²) >= 11 is 6.01. The number of halogens is 2. The lowest BCUT2D eigenvalue weighted by molar-refractivity contribution is 0.0243. The molecule has 0 saturated heterocycles. The summed E-state index contributed by atoms with van der Waals surface area (Å²) in [6.45, 7) is 2.15. The molecule has 0 aromatic heterocycles. The Balaban J connectivity index is 2.26. The monoisotopic (exact) mass is 295 g/mol. The predicted octanol–water partition coefficient (Wildman–Crippen LogP) is 4.62. The molecule has 0 radical (unpaired) electrons. The number of aliphatic hydroxyl groups excluding tert-OH is 1. The lowest BCUT2D eigenvalue weighted by atomic mass is 9.66. The van der Waals surface area contributed by atoms with Crippen molar-refractivity contribution < 1.29 is 9.50 Å². The zero-order chi connectivity index (χ0) is 14.8. The van der Waals surface area contributed by atoms with E-state index < -0.39 is 17.3 Å². The van der Waals surface area contributed by atoms with Crippen molar-refractivity contribution in [2.45, 2.75) is 45.1 Å². The van der Waals surface area contributed by atoms with Gasteiger partial charge in [0.15, 0.2) is 0 Å². The largest absolute Gasteiger partial charge is 0.387 e. The third-order valence-electron chi connectivity index (χ3n) is 4.58. The average molecular weight is 296 g/mol. The van der Waals surface area contributed by atoms with Crippen LogP contribution in [0.5, 0.6) is 0 Å². The summed E-state index contributed by atoms with van der Waals surface area (Å²) in [5.41, 5.74) is -0.350. The maximum Gasteiger partial charge on any atom is 0.124 e. The van der Waals surface area contributed by atoms with Gasteiger partial charge >= 0.3 is 0 Å². The van der Waals surface area contributed by atoms with Crippen LogP contribution in [-0.2, 0) is 0 Å². The van der Waals surface area contributed by atoms with Crippen LogP contribution in [0.4, 0.5) is 4.39 Å². The lowest BCUT2D eigenvalue weighted by Crippen LogP contribution is -2.32. The van der Waals surface area contributed by atoms with Gasteiger partial charge < -0.3 is 5.11 Å². The van der Waals surface area contributed by atoms with Crippen molar-refractivity contribution in [1.29, 1.82) is 5.26 Å². The van der Waals surface area contributed by atoms with E-state index in [0.717, 1.165) is 19.3 Å². The molecule has 0 heterocycles. The standard InChI is InChI=1S/C16H19ClFNO/c1-2-11-5-7-16(10-19,8-6-11)15(20)13-4-3-12(18)9-14(13)17/h3-4,9,11,15,20H,2,5-8H2,1H3. The fourth-order valence-corrected chi connectivity index (χ4v) is 3.34. The number of nitriles is 1. The topological polar surface area (TPSA) is 44.0 Å². The van der Waals surface area contributed by atoms with Crippen LogP contribution < -0.4 is 0 Å². The Morgan fingerprint density at radius 3 is 2.65 bits per heavy atom. The number of benzene rings is 1. The molecule has 1 aliphatic rings. The zero-order valence-corrected chi connectivity index (χ0v) is 12.3. The summed E-state index contributed by atoms with van der Waals surface area (Å²) in [6.07, 6.45) is 3.36. The normalized spacial score (nSPS) is 27.9. The maximum absolute atomic E-state index is 13.1. The maximum atomic E-state index is 13.1. The van der Waals surface area contributed by atoms with Gasteiger partial charge in [0, 0.05) is 10.6 Å². The zero-order valence-electron chi connectivity index (χ0n) is 11.6. The van der Waals surface area contributed by atoms with Gasteiger partial charge in [0.25, 0.3) is 0 Å². The van der Waals surface area contributed by atoms with E-state index >= 15 is 0 Å². The summed E-state index contributed by atoms with van der Waals surface area (Å²) in [4.78, 5) is 0. The van der Waals surface area contributed by atoms with Gasteiger partial charge in [-0.05, 0) is 43.7 Å². The molecule has 1 aliphatic carbocycles. The molecule has 2 nitrogen and oxygen atoms in total. The molecule has 2 rings (SSSR count). The molecular weight excluding hydrogens is 277 g/mol. The lowest BCUT2D eigenvalue weighted by Gasteiger charge is -2.38. The van der Waals surface area contributed by atoms with Crippen LogP contribution in [0.15, 0.2) is 18.2 Å². The van der Waals surface area contributed by atoms with Crippen LogP contribution in [0.1, 0.15) is 50.7 Å². The second kappa shape index (κ2) is 6.11. The fourth-order valence-electron chi connectivity index (χ4n) is 3.07. The van der Waals surface area contributed by atoms with Crippen LogP contribution in [0, 0.1) is 28.5 Å². The van der Waals surface area contributed by atoms with Gasteiger partial charge in [-0.1, -0.05) is 31.0 Å².